The van der Waals surface area contributed by atoms with Crippen LogP contribution < -0.4 is 5.73 Å². The largest absolute Gasteiger partial charge is 0.378 e. The molecule has 0 spiro atoms. The molecule has 0 unspecified atom stereocenters. The van der Waals surface area contributed by atoms with E-state index in [1.807, 2.05) is 18.2 Å². The lowest BCUT2D eigenvalue weighted by Gasteiger charge is -2.07. The highest BCUT2D eigenvalue weighted by Gasteiger charge is 2.07. The molecule has 0 aliphatic carbocycles. The molecular weight excluding hydrogens is 298 g/mol. The highest BCUT2D eigenvalue weighted by atomic mass is 16.5. The third-order valence-corrected chi connectivity index (χ3v) is 3.91. The molecule has 1 heterocycles. The van der Waals surface area contributed by atoms with Gasteiger partial charge in [0, 0.05) is 13.1 Å². The van der Waals surface area contributed by atoms with Gasteiger partial charge in [-0.25, -0.2) is 4.98 Å². The molecule has 0 fully saturated rings. The maximum absolute atomic E-state index is 5.54. The molecule has 0 bridgehead atoms. The summed E-state index contributed by atoms with van der Waals surface area (Å²) in [5.41, 5.74) is 10.0. The number of imidazole rings is 1. The van der Waals surface area contributed by atoms with Crippen LogP contribution in [0.3, 0.4) is 0 Å². The van der Waals surface area contributed by atoms with Gasteiger partial charge in [-0.2, -0.15) is 0 Å². The van der Waals surface area contributed by atoms with Crippen molar-refractivity contribution in [2.24, 2.45) is 5.73 Å². The molecule has 0 saturated carbocycles. The summed E-state index contributed by atoms with van der Waals surface area (Å²) in [6.45, 7) is 4.61. The minimum atomic E-state index is 0.546. The van der Waals surface area contributed by atoms with Gasteiger partial charge in [-0.3, -0.25) is 0 Å². The highest BCUT2D eigenvalue weighted by Crippen LogP contribution is 2.18. The second kappa shape index (κ2) is 7.90. The Kier molecular flexibility index (Phi) is 5.41. The molecule has 0 amide bonds. The molecule has 4 heteroatoms. The third kappa shape index (κ3) is 3.91. The zero-order chi connectivity index (χ0) is 16.8. The normalized spacial score (nSPS) is 11.6. The molecule has 0 radical (unpaired) electrons. The van der Waals surface area contributed by atoms with Crippen molar-refractivity contribution in [1.82, 2.24) is 9.55 Å². The van der Waals surface area contributed by atoms with Gasteiger partial charge in [0.15, 0.2) is 0 Å². The van der Waals surface area contributed by atoms with Crippen molar-refractivity contribution in [3.63, 3.8) is 0 Å². The minimum absolute atomic E-state index is 0.546. The topological polar surface area (TPSA) is 53.1 Å². The maximum Gasteiger partial charge on any atom is 0.133 e. The molecule has 3 aromatic rings. The number of para-hydroxylation sites is 2. The second-order valence-electron chi connectivity index (χ2n) is 5.76. The van der Waals surface area contributed by atoms with E-state index >= 15 is 0 Å². The molecule has 0 aliphatic rings. The summed E-state index contributed by atoms with van der Waals surface area (Å²) < 4.78 is 7.73. The Bertz CT molecular complexity index is 819. The fourth-order valence-electron chi connectivity index (χ4n) is 2.65. The number of hydrogen-bond acceptors (Lipinski definition) is 3. The molecule has 0 atom stereocenters. The average molecular weight is 321 g/mol. The Morgan fingerprint density at radius 3 is 2.62 bits per heavy atom. The monoisotopic (exact) mass is 321 g/mol. The zero-order valence-electron chi connectivity index (χ0n) is 14.0. The van der Waals surface area contributed by atoms with Crippen LogP contribution in [0.1, 0.15) is 17.0 Å². The number of benzene rings is 2. The Balaban J connectivity index is 1.86. The number of fused-ring (bicyclic) bond motifs is 1. The summed E-state index contributed by atoms with van der Waals surface area (Å²) in [5.74, 6) is 0.938. The summed E-state index contributed by atoms with van der Waals surface area (Å²) in [4.78, 5) is 4.74. The lowest BCUT2D eigenvalue weighted by atomic mass is 10.1. The van der Waals surface area contributed by atoms with Crippen molar-refractivity contribution in [3.8, 4) is 0 Å². The predicted molar refractivity (Wildman–Crippen MR) is 99.7 cm³/mol. The fourth-order valence-corrected chi connectivity index (χ4v) is 2.65. The number of nitrogens with two attached hydrogens (primary N) is 1. The van der Waals surface area contributed by atoms with Crippen molar-refractivity contribution in [2.75, 3.05) is 19.8 Å². The van der Waals surface area contributed by atoms with E-state index in [0.717, 1.165) is 23.4 Å². The number of ether oxygens (including phenoxy) is 1. The SMILES string of the molecule is Cc1ccc(/C=C/c2nc3ccccc3n2CCOCCN)cc1. The quantitative estimate of drug-likeness (QED) is 0.678. The molecule has 2 N–H and O–H groups in total. The van der Waals surface area contributed by atoms with E-state index < -0.39 is 0 Å². The van der Waals surface area contributed by atoms with Crippen LogP contribution in [0, 0.1) is 6.92 Å². The molecule has 124 valence electrons. The van der Waals surface area contributed by atoms with Gasteiger partial charge in [-0.05, 0) is 30.7 Å². The van der Waals surface area contributed by atoms with E-state index in [1.54, 1.807) is 0 Å². The van der Waals surface area contributed by atoms with E-state index in [9.17, 15) is 0 Å². The standard InChI is InChI=1S/C20H23N3O/c1-16-6-8-17(9-7-16)10-11-20-22-18-4-2-3-5-19(18)23(20)13-15-24-14-12-21/h2-11H,12-15,21H2,1H3/b11-10+. The first-order valence-corrected chi connectivity index (χ1v) is 8.26. The first-order valence-electron chi connectivity index (χ1n) is 8.26. The van der Waals surface area contributed by atoms with Gasteiger partial charge in [0.2, 0.25) is 0 Å². The van der Waals surface area contributed by atoms with Crippen LogP contribution >= 0.6 is 0 Å². The third-order valence-electron chi connectivity index (χ3n) is 3.91. The first kappa shape index (κ1) is 16.4. The highest BCUT2D eigenvalue weighted by molar-refractivity contribution is 5.79. The van der Waals surface area contributed by atoms with E-state index in [-0.39, 0.29) is 0 Å². The fraction of sp³-hybridized carbons (Fsp3) is 0.250. The van der Waals surface area contributed by atoms with E-state index in [4.69, 9.17) is 15.5 Å². The number of rotatable bonds is 7. The summed E-state index contributed by atoms with van der Waals surface area (Å²) in [6.07, 6.45) is 4.16. The van der Waals surface area contributed by atoms with Gasteiger partial charge in [0.1, 0.15) is 5.82 Å². The molecule has 3 rings (SSSR count). The summed E-state index contributed by atoms with van der Waals surface area (Å²) in [6, 6.07) is 16.6. The molecule has 0 aliphatic heterocycles. The predicted octanol–water partition coefficient (Wildman–Crippen LogP) is 3.49. The van der Waals surface area contributed by atoms with Crippen LogP contribution in [0.5, 0.6) is 0 Å². The van der Waals surface area contributed by atoms with Crippen molar-refractivity contribution < 1.29 is 4.74 Å². The summed E-state index contributed by atoms with van der Waals surface area (Å²) in [7, 11) is 0. The maximum atomic E-state index is 5.54. The molecule has 4 nitrogen and oxygen atoms in total. The van der Waals surface area contributed by atoms with Crippen LogP contribution in [0.15, 0.2) is 48.5 Å². The molecular formula is C20H23N3O. The Labute approximate surface area is 142 Å². The zero-order valence-corrected chi connectivity index (χ0v) is 14.0. The van der Waals surface area contributed by atoms with E-state index in [0.29, 0.717) is 19.8 Å². The molecule has 2 aromatic carbocycles. The number of aryl methyl sites for hydroxylation is 1. The smallest absolute Gasteiger partial charge is 0.133 e. The van der Waals surface area contributed by atoms with Crippen LogP contribution in [0.4, 0.5) is 0 Å². The van der Waals surface area contributed by atoms with Gasteiger partial charge >= 0.3 is 0 Å². The first-order chi connectivity index (χ1) is 11.8. The van der Waals surface area contributed by atoms with Gasteiger partial charge in [0.25, 0.3) is 0 Å². The Morgan fingerprint density at radius 1 is 1.04 bits per heavy atom. The average Bonchev–Trinajstić information content (AvgIpc) is 2.96. The molecule has 0 saturated heterocycles. The van der Waals surface area contributed by atoms with Gasteiger partial charge in [-0.1, -0.05) is 48.0 Å². The minimum Gasteiger partial charge on any atom is -0.378 e. The number of aromatic nitrogens is 2. The lowest BCUT2D eigenvalue weighted by Crippen LogP contribution is -2.13. The summed E-state index contributed by atoms with van der Waals surface area (Å²) in [5, 5.41) is 0. The van der Waals surface area contributed by atoms with Crippen LogP contribution in [0.2, 0.25) is 0 Å². The van der Waals surface area contributed by atoms with Crippen molar-refractivity contribution in [2.45, 2.75) is 13.5 Å². The van der Waals surface area contributed by atoms with E-state index in [1.165, 1.54) is 11.1 Å². The van der Waals surface area contributed by atoms with Crippen LogP contribution in [-0.2, 0) is 11.3 Å². The van der Waals surface area contributed by atoms with E-state index in [2.05, 4.69) is 54.0 Å². The Hall–Kier alpha value is -2.43. The van der Waals surface area contributed by atoms with Crippen LogP contribution in [-0.4, -0.2) is 29.3 Å². The van der Waals surface area contributed by atoms with Gasteiger partial charge in [0.05, 0.1) is 24.2 Å². The van der Waals surface area contributed by atoms with Gasteiger partial charge < -0.3 is 15.0 Å². The summed E-state index contributed by atoms with van der Waals surface area (Å²) >= 11 is 0. The van der Waals surface area contributed by atoms with Crippen molar-refractivity contribution >= 4 is 23.2 Å². The van der Waals surface area contributed by atoms with Crippen molar-refractivity contribution in [1.29, 1.82) is 0 Å². The Morgan fingerprint density at radius 2 is 1.83 bits per heavy atom. The second-order valence-corrected chi connectivity index (χ2v) is 5.76. The number of nitrogens with zero attached hydrogens (tertiary/aromatic N) is 2. The molecule has 1 aromatic heterocycles. The van der Waals surface area contributed by atoms with Gasteiger partial charge in [-0.15, -0.1) is 0 Å². The van der Waals surface area contributed by atoms with Crippen LogP contribution in [0.25, 0.3) is 23.2 Å². The molecule has 24 heavy (non-hydrogen) atoms. The number of hydrogen-bond donors (Lipinski definition) is 1. The van der Waals surface area contributed by atoms with Crippen molar-refractivity contribution in [3.05, 3.63) is 65.5 Å². The lowest BCUT2D eigenvalue weighted by molar-refractivity contribution is 0.134.